The lowest BCUT2D eigenvalue weighted by atomic mass is 10.1. The first-order valence-corrected chi connectivity index (χ1v) is 9.90. The first-order chi connectivity index (χ1) is 14.2. The molecule has 1 saturated heterocycles. The van der Waals surface area contributed by atoms with Gasteiger partial charge in [-0.25, -0.2) is 0 Å². The number of rotatable bonds is 6. The van der Waals surface area contributed by atoms with E-state index in [1.165, 1.54) is 0 Å². The molecule has 154 valence electrons. The van der Waals surface area contributed by atoms with Gasteiger partial charge in [0.15, 0.2) is 6.73 Å². The molecule has 0 aliphatic carbocycles. The average molecular weight is 397 g/mol. The van der Waals surface area contributed by atoms with E-state index >= 15 is 0 Å². The Bertz CT molecular complexity index is 865. The van der Waals surface area contributed by atoms with Gasteiger partial charge in [0, 0.05) is 39.3 Å². The molecule has 2 aromatic rings. The van der Waals surface area contributed by atoms with Crippen molar-refractivity contribution in [2.45, 2.75) is 0 Å². The normalized spacial score (nSPS) is 17.0. The fourth-order valence-electron chi connectivity index (χ4n) is 3.84. The van der Waals surface area contributed by atoms with Crippen molar-refractivity contribution >= 4 is 11.6 Å². The van der Waals surface area contributed by atoms with Crippen molar-refractivity contribution in [2.75, 3.05) is 65.1 Å². The molecule has 2 aliphatic heterocycles. The molecule has 0 aromatic heterocycles. The smallest absolute Gasteiger partial charge is 0.260 e. The molecule has 0 N–H and O–H groups in total. The molecule has 0 saturated carbocycles. The van der Waals surface area contributed by atoms with Gasteiger partial charge in [-0.1, -0.05) is 12.1 Å². The molecule has 0 spiro atoms. The molecule has 0 atom stereocenters. The number of para-hydroxylation sites is 2. The summed E-state index contributed by atoms with van der Waals surface area (Å²) in [6.45, 7) is 5.53. The van der Waals surface area contributed by atoms with E-state index in [1.807, 2.05) is 24.3 Å². The first kappa shape index (κ1) is 19.4. The Kier molecular flexibility index (Phi) is 5.76. The second-order valence-corrected chi connectivity index (χ2v) is 7.20. The molecule has 2 aliphatic rings. The zero-order valence-corrected chi connectivity index (χ0v) is 17.0. The van der Waals surface area contributed by atoms with E-state index in [2.05, 4.69) is 15.9 Å². The van der Waals surface area contributed by atoms with Crippen LogP contribution in [0, 0.1) is 0 Å². The predicted octanol–water partition coefficient (Wildman–Crippen LogP) is 2.32. The van der Waals surface area contributed by atoms with E-state index in [0.717, 1.165) is 44.2 Å². The molecular weight excluding hydrogens is 370 g/mol. The quantitative estimate of drug-likeness (QED) is 0.746. The van der Waals surface area contributed by atoms with Crippen LogP contribution in [0.5, 0.6) is 17.2 Å². The second-order valence-electron chi connectivity index (χ2n) is 7.20. The number of hydrogen-bond donors (Lipinski definition) is 0. The summed E-state index contributed by atoms with van der Waals surface area (Å²) < 4.78 is 16.5. The highest BCUT2D eigenvalue weighted by Crippen LogP contribution is 2.30. The van der Waals surface area contributed by atoms with Gasteiger partial charge < -0.3 is 24.0 Å². The topological polar surface area (TPSA) is 54.5 Å². The number of fused-ring (bicyclic) bond motifs is 1. The van der Waals surface area contributed by atoms with Crippen molar-refractivity contribution in [2.24, 2.45) is 0 Å². The molecule has 4 rings (SSSR count). The van der Waals surface area contributed by atoms with Crippen LogP contribution in [0.15, 0.2) is 42.5 Å². The first-order valence-electron chi connectivity index (χ1n) is 9.90. The Morgan fingerprint density at radius 3 is 2.52 bits per heavy atom. The Morgan fingerprint density at radius 1 is 0.966 bits per heavy atom. The van der Waals surface area contributed by atoms with E-state index in [-0.39, 0.29) is 5.91 Å². The van der Waals surface area contributed by atoms with Crippen LogP contribution in [0.1, 0.15) is 10.4 Å². The van der Waals surface area contributed by atoms with Crippen LogP contribution in [0.2, 0.25) is 0 Å². The molecule has 1 amide bonds. The van der Waals surface area contributed by atoms with Gasteiger partial charge in [-0.3, -0.25) is 9.69 Å². The van der Waals surface area contributed by atoms with Crippen molar-refractivity contribution < 1.29 is 19.0 Å². The summed E-state index contributed by atoms with van der Waals surface area (Å²) in [6.07, 6.45) is 0. The summed E-state index contributed by atoms with van der Waals surface area (Å²) in [6, 6.07) is 13.5. The lowest BCUT2D eigenvalue weighted by Crippen LogP contribution is -2.50. The zero-order chi connectivity index (χ0) is 20.2. The van der Waals surface area contributed by atoms with E-state index in [0.29, 0.717) is 30.3 Å². The number of anilines is 1. The number of methoxy groups -OCH3 is 2. The number of amides is 1. The maximum absolute atomic E-state index is 12.8. The molecule has 7 heteroatoms. The molecule has 0 unspecified atom stereocenters. The van der Waals surface area contributed by atoms with Gasteiger partial charge in [-0.05, 0) is 30.3 Å². The van der Waals surface area contributed by atoms with Crippen LogP contribution in [-0.4, -0.2) is 75.9 Å². The van der Waals surface area contributed by atoms with Gasteiger partial charge in [0.25, 0.3) is 5.91 Å². The maximum atomic E-state index is 12.8. The molecular formula is C22H27N3O4. The standard InChI is InChI=1S/C22H27N3O4/c1-27-17-7-8-20-18(15-17)22(26)25(16-29-20)14-11-23-9-12-24(13-10-23)19-5-3-4-6-21(19)28-2/h3-8,15H,9-14,16H2,1-2H3. The number of carbonyl (C=O) groups excluding carboxylic acids is 1. The van der Waals surface area contributed by atoms with Crippen LogP contribution in [0.25, 0.3) is 0 Å². The zero-order valence-electron chi connectivity index (χ0n) is 17.0. The summed E-state index contributed by atoms with van der Waals surface area (Å²) in [5.74, 6) is 2.19. The van der Waals surface area contributed by atoms with Crippen molar-refractivity contribution in [3.63, 3.8) is 0 Å². The number of piperazine rings is 1. The fourth-order valence-corrected chi connectivity index (χ4v) is 3.84. The molecule has 1 fully saturated rings. The Morgan fingerprint density at radius 2 is 1.76 bits per heavy atom. The highest BCUT2D eigenvalue weighted by atomic mass is 16.5. The van der Waals surface area contributed by atoms with E-state index in [4.69, 9.17) is 14.2 Å². The van der Waals surface area contributed by atoms with Crippen LogP contribution in [0.4, 0.5) is 5.69 Å². The number of carbonyl (C=O) groups is 1. The number of hydrogen-bond acceptors (Lipinski definition) is 6. The lowest BCUT2D eigenvalue weighted by Gasteiger charge is -2.38. The minimum atomic E-state index is -0.00203. The minimum Gasteiger partial charge on any atom is -0.497 e. The monoisotopic (exact) mass is 397 g/mol. The van der Waals surface area contributed by atoms with Gasteiger partial charge in [0.2, 0.25) is 0 Å². The van der Waals surface area contributed by atoms with E-state index in [9.17, 15) is 4.79 Å². The van der Waals surface area contributed by atoms with Crippen LogP contribution < -0.4 is 19.1 Å². The Labute approximate surface area is 171 Å². The summed E-state index contributed by atoms with van der Waals surface area (Å²) >= 11 is 0. The molecule has 7 nitrogen and oxygen atoms in total. The largest absolute Gasteiger partial charge is 0.497 e. The average Bonchev–Trinajstić information content (AvgIpc) is 2.79. The predicted molar refractivity (Wildman–Crippen MR) is 111 cm³/mol. The molecule has 0 bridgehead atoms. The summed E-state index contributed by atoms with van der Waals surface area (Å²) in [4.78, 5) is 19.3. The number of ether oxygens (including phenoxy) is 3. The second kappa shape index (κ2) is 8.61. The van der Waals surface area contributed by atoms with Crippen molar-refractivity contribution in [3.8, 4) is 17.2 Å². The fraction of sp³-hybridized carbons (Fsp3) is 0.409. The van der Waals surface area contributed by atoms with Gasteiger partial charge >= 0.3 is 0 Å². The minimum absolute atomic E-state index is 0.00203. The third-order valence-corrected chi connectivity index (χ3v) is 5.56. The van der Waals surface area contributed by atoms with Gasteiger partial charge in [0.05, 0.1) is 25.5 Å². The SMILES string of the molecule is COc1ccc2c(c1)C(=O)N(CCN1CCN(c3ccccc3OC)CC1)CO2. The third kappa shape index (κ3) is 4.10. The van der Waals surface area contributed by atoms with Gasteiger partial charge in [-0.2, -0.15) is 0 Å². The van der Waals surface area contributed by atoms with E-state index < -0.39 is 0 Å². The molecule has 29 heavy (non-hydrogen) atoms. The summed E-state index contributed by atoms with van der Waals surface area (Å²) in [5.41, 5.74) is 1.71. The van der Waals surface area contributed by atoms with Crippen molar-refractivity contribution in [1.29, 1.82) is 0 Å². The summed E-state index contributed by atoms with van der Waals surface area (Å²) in [7, 11) is 3.30. The number of benzene rings is 2. The lowest BCUT2D eigenvalue weighted by molar-refractivity contribution is 0.0487. The molecule has 2 aromatic carbocycles. The maximum Gasteiger partial charge on any atom is 0.260 e. The van der Waals surface area contributed by atoms with E-state index in [1.54, 1.807) is 31.3 Å². The Hall–Kier alpha value is -2.93. The Balaban J connectivity index is 1.31. The molecule has 0 radical (unpaired) electrons. The number of nitrogens with zero attached hydrogens (tertiary/aromatic N) is 3. The van der Waals surface area contributed by atoms with Crippen LogP contribution in [-0.2, 0) is 0 Å². The van der Waals surface area contributed by atoms with Gasteiger partial charge in [0.1, 0.15) is 17.2 Å². The third-order valence-electron chi connectivity index (χ3n) is 5.56. The molecule has 2 heterocycles. The van der Waals surface area contributed by atoms with Crippen LogP contribution in [0.3, 0.4) is 0 Å². The van der Waals surface area contributed by atoms with Gasteiger partial charge in [-0.15, -0.1) is 0 Å². The highest BCUT2D eigenvalue weighted by Gasteiger charge is 2.27. The van der Waals surface area contributed by atoms with Crippen molar-refractivity contribution in [3.05, 3.63) is 48.0 Å². The van der Waals surface area contributed by atoms with Crippen LogP contribution >= 0.6 is 0 Å². The summed E-state index contributed by atoms with van der Waals surface area (Å²) in [5, 5.41) is 0. The van der Waals surface area contributed by atoms with Crippen molar-refractivity contribution in [1.82, 2.24) is 9.80 Å². The highest BCUT2D eigenvalue weighted by molar-refractivity contribution is 5.98.